The standard InChI is InChI=1S/C30H37F2N3/c1-24-22-33(23-25(2)34(24)20-6-10-26-8-4-3-5-9-26)19-7-21-35(29-15-11-27(31)12-16-29)30-17-13-28(32)14-18-30/h3-5,8-9,11-18,24-25H,6-7,10,19-23H2,1-2H3/t24-,25-/m1/s1. The highest BCUT2D eigenvalue weighted by atomic mass is 19.1. The molecule has 0 radical (unpaired) electrons. The van der Waals surface area contributed by atoms with Crippen molar-refractivity contribution in [3.8, 4) is 0 Å². The lowest BCUT2D eigenvalue weighted by molar-refractivity contribution is 0.0381. The van der Waals surface area contributed by atoms with Crippen LogP contribution in [0.15, 0.2) is 78.9 Å². The van der Waals surface area contributed by atoms with Crippen molar-refractivity contribution in [2.24, 2.45) is 0 Å². The van der Waals surface area contributed by atoms with Gasteiger partial charge in [0.2, 0.25) is 0 Å². The van der Waals surface area contributed by atoms with Gasteiger partial charge in [-0.1, -0.05) is 30.3 Å². The molecule has 0 bridgehead atoms. The second-order valence-electron chi connectivity index (χ2n) is 9.74. The van der Waals surface area contributed by atoms with Gasteiger partial charge in [0.1, 0.15) is 11.6 Å². The molecule has 0 N–H and O–H groups in total. The number of benzene rings is 3. The monoisotopic (exact) mass is 477 g/mol. The first kappa shape index (κ1) is 25.3. The Kier molecular flexibility index (Phi) is 8.89. The van der Waals surface area contributed by atoms with Gasteiger partial charge in [-0.25, -0.2) is 8.78 Å². The van der Waals surface area contributed by atoms with Crippen LogP contribution in [0.5, 0.6) is 0 Å². The number of hydrogen-bond acceptors (Lipinski definition) is 3. The van der Waals surface area contributed by atoms with Crippen LogP contribution in [0.2, 0.25) is 0 Å². The van der Waals surface area contributed by atoms with Gasteiger partial charge in [0.25, 0.3) is 0 Å². The first-order chi connectivity index (χ1) is 17.0. The molecule has 1 heterocycles. The zero-order valence-electron chi connectivity index (χ0n) is 20.9. The van der Waals surface area contributed by atoms with E-state index in [1.165, 1.54) is 36.2 Å². The molecule has 186 valence electrons. The van der Waals surface area contributed by atoms with E-state index in [0.29, 0.717) is 12.1 Å². The van der Waals surface area contributed by atoms with Crippen molar-refractivity contribution >= 4 is 11.4 Å². The number of halogens is 2. The molecule has 1 aliphatic heterocycles. The second kappa shape index (κ2) is 12.3. The first-order valence-corrected chi connectivity index (χ1v) is 12.8. The molecule has 1 aliphatic rings. The van der Waals surface area contributed by atoms with Crippen molar-refractivity contribution in [3.63, 3.8) is 0 Å². The molecular formula is C30H37F2N3. The molecule has 0 aromatic heterocycles. The third-order valence-electron chi connectivity index (χ3n) is 7.03. The fourth-order valence-electron chi connectivity index (χ4n) is 5.30. The smallest absolute Gasteiger partial charge is 0.123 e. The first-order valence-electron chi connectivity index (χ1n) is 12.8. The maximum absolute atomic E-state index is 13.5. The van der Waals surface area contributed by atoms with Gasteiger partial charge in [0.05, 0.1) is 0 Å². The summed E-state index contributed by atoms with van der Waals surface area (Å²) in [6.45, 7) is 9.76. The predicted molar refractivity (Wildman–Crippen MR) is 141 cm³/mol. The molecule has 3 nitrogen and oxygen atoms in total. The van der Waals surface area contributed by atoms with Crippen LogP contribution in [0.3, 0.4) is 0 Å². The normalized spacial score (nSPS) is 19.1. The summed E-state index contributed by atoms with van der Waals surface area (Å²) < 4.78 is 27.0. The van der Waals surface area contributed by atoms with Crippen molar-refractivity contribution in [2.75, 3.05) is 37.6 Å². The Labute approximate surface area is 209 Å². The minimum atomic E-state index is -0.252. The predicted octanol–water partition coefficient (Wildman–Crippen LogP) is 6.52. The lowest BCUT2D eigenvalue weighted by Crippen LogP contribution is -2.57. The molecule has 0 saturated carbocycles. The summed E-state index contributed by atoms with van der Waals surface area (Å²) in [5.41, 5.74) is 3.25. The summed E-state index contributed by atoms with van der Waals surface area (Å²) in [5, 5.41) is 0. The van der Waals surface area contributed by atoms with Gasteiger partial charge in [0, 0.05) is 43.1 Å². The Morgan fingerprint density at radius 1 is 0.714 bits per heavy atom. The Bertz CT molecular complexity index is 966. The minimum Gasteiger partial charge on any atom is -0.341 e. The third-order valence-corrected chi connectivity index (χ3v) is 7.03. The number of aryl methyl sites for hydroxylation is 1. The molecule has 4 rings (SSSR count). The topological polar surface area (TPSA) is 9.72 Å². The highest BCUT2D eigenvalue weighted by molar-refractivity contribution is 5.63. The number of nitrogens with zero attached hydrogens (tertiary/aromatic N) is 3. The average Bonchev–Trinajstić information content (AvgIpc) is 2.86. The summed E-state index contributed by atoms with van der Waals surface area (Å²) in [5.74, 6) is -0.505. The molecule has 35 heavy (non-hydrogen) atoms. The van der Waals surface area contributed by atoms with E-state index in [1.807, 2.05) is 0 Å². The molecule has 0 unspecified atom stereocenters. The van der Waals surface area contributed by atoms with Gasteiger partial charge in [-0.2, -0.15) is 0 Å². The van der Waals surface area contributed by atoms with Crippen molar-refractivity contribution in [1.82, 2.24) is 9.80 Å². The Morgan fingerprint density at radius 3 is 1.80 bits per heavy atom. The highest BCUT2D eigenvalue weighted by Gasteiger charge is 2.28. The zero-order valence-corrected chi connectivity index (χ0v) is 20.9. The van der Waals surface area contributed by atoms with E-state index >= 15 is 0 Å². The molecule has 3 aromatic carbocycles. The summed E-state index contributed by atoms with van der Waals surface area (Å²) in [4.78, 5) is 7.37. The largest absolute Gasteiger partial charge is 0.341 e. The van der Waals surface area contributed by atoms with Gasteiger partial charge < -0.3 is 9.80 Å². The molecule has 1 fully saturated rings. The number of piperazine rings is 1. The number of anilines is 2. The maximum atomic E-state index is 13.5. The van der Waals surface area contributed by atoms with Crippen LogP contribution < -0.4 is 4.90 Å². The highest BCUT2D eigenvalue weighted by Crippen LogP contribution is 2.26. The van der Waals surface area contributed by atoms with Crippen LogP contribution in [-0.4, -0.2) is 54.6 Å². The second-order valence-corrected chi connectivity index (χ2v) is 9.74. The Hall–Kier alpha value is -2.76. The molecule has 2 atom stereocenters. The summed E-state index contributed by atoms with van der Waals surface area (Å²) in [6, 6.07) is 24.9. The summed E-state index contributed by atoms with van der Waals surface area (Å²) >= 11 is 0. The van der Waals surface area contributed by atoms with E-state index in [0.717, 1.165) is 56.9 Å². The van der Waals surface area contributed by atoms with Gasteiger partial charge in [0.15, 0.2) is 0 Å². The molecule has 0 aliphatic carbocycles. The van der Waals surface area contributed by atoms with Gasteiger partial charge in [-0.15, -0.1) is 0 Å². The van der Waals surface area contributed by atoms with Crippen molar-refractivity contribution in [3.05, 3.63) is 96.1 Å². The number of rotatable bonds is 10. The molecule has 3 aromatic rings. The van der Waals surface area contributed by atoms with E-state index in [2.05, 4.69) is 58.9 Å². The van der Waals surface area contributed by atoms with Crippen LogP contribution in [0.1, 0.15) is 32.3 Å². The van der Waals surface area contributed by atoms with Gasteiger partial charge >= 0.3 is 0 Å². The zero-order chi connectivity index (χ0) is 24.6. The fourth-order valence-corrected chi connectivity index (χ4v) is 5.30. The van der Waals surface area contributed by atoms with E-state index < -0.39 is 0 Å². The summed E-state index contributed by atoms with van der Waals surface area (Å²) in [6.07, 6.45) is 3.29. The van der Waals surface area contributed by atoms with E-state index in [4.69, 9.17) is 0 Å². The summed E-state index contributed by atoms with van der Waals surface area (Å²) in [7, 11) is 0. The van der Waals surface area contributed by atoms with Crippen LogP contribution in [0.4, 0.5) is 20.2 Å². The van der Waals surface area contributed by atoms with Gasteiger partial charge in [-0.3, -0.25) is 4.90 Å². The number of hydrogen-bond donors (Lipinski definition) is 0. The van der Waals surface area contributed by atoms with Gasteiger partial charge in [-0.05, 0) is 100 Å². The minimum absolute atomic E-state index is 0.252. The molecule has 0 amide bonds. The molecule has 5 heteroatoms. The van der Waals surface area contributed by atoms with Crippen molar-refractivity contribution in [1.29, 1.82) is 0 Å². The maximum Gasteiger partial charge on any atom is 0.123 e. The fraction of sp³-hybridized carbons (Fsp3) is 0.400. The quantitative estimate of drug-likeness (QED) is 0.329. The Balaban J connectivity index is 1.29. The van der Waals surface area contributed by atoms with E-state index in [-0.39, 0.29) is 11.6 Å². The van der Waals surface area contributed by atoms with Crippen LogP contribution in [0, 0.1) is 11.6 Å². The van der Waals surface area contributed by atoms with Crippen LogP contribution in [0.25, 0.3) is 0 Å². The van der Waals surface area contributed by atoms with E-state index in [1.54, 1.807) is 24.3 Å². The lowest BCUT2D eigenvalue weighted by atomic mass is 10.0. The Morgan fingerprint density at radius 2 is 1.26 bits per heavy atom. The van der Waals surface area contributed by atoms with Crippen LogP contribution >= 0.6 is 0 Å². The molecular weight excluding hydrogens is 440 g/mol. The van der Waals surface area contributed by atoms with E-state index in [9.17, 15) is 8.78 Å². The molecule has 0 spiro atoms. The molecule has 1 saturated heterocycles. The van der Waals surface area contributed by atoms with Crippen molar-refractivity contribution < 1.29 is 8.78 Å². The average molecular weight is 478 g/mol. The SMILES string of the molecule is C[C@@H]1CN(CCCN(c2ccc(F)cc2)c2ccc(F)cc2)C[C@@H](C)N1CCCc1ccccc1. The van der Waals surface area contributed by atoms with Crippen molar-refractivity contribution in [2.45, 2.75) is 45.2 Å². The third kappa shape index (κ3) is 7.12. The lowest BCUT2D eigenvalue weighted by Gasteiger charge is -2.44. The van der Waals surface area contributed by atoms with Crippen LogP contribution in [-0.2, 0) is 6.42 Å².